The summed E-state index contributed by atoms with van der Waals surface area (Å²) in [5.74, 6) is 0.125. The van der Waals surface area contributed by atoms with E-state index in [1.54, 1.807) is 24.3 Å². The number of halogens is 1. The van der Waals surface area contributed by atoms with E-state index in [2.05, 4.69) is 15.4 Å². The molecule has 1 aromatic carbocycles. The molecule has 0 bridgehead atoms. The van der Waals surface area contributed by atoms with Gasteiger partial charge < -0.3 is 10.6 Å². The van der Waals surface area contributed by atoms with Crippen LogP contribution in [0.1, 0.15) is 19.3 Å². The highest BCUT2D eigenvalue weighted by Crippen LogP contribution is 2.58. The molecule has 2 aliphatic rings. The molecule has 3 N–H and O–H groups in total. The summed E-state index contributed by atoms with van der Waals surface area (Å²) in [7, 11) is -3.32. The van der Waals surface area contributed by atoms with Gasteiger partial charge in [0.2, 0.25) is 15.9 Å². The van der Waals surface area contributed by atoms with Gasteiger partial charge in [0.15, 0.2) is 0 Å². The molecule has 1 heterocycles. The van der Waals surface area contributed by atoms with Gasteiger partial charge in [-0.05, 0) is 56.0 Å². The normalized spacial score (nSPS) is 22.0. The summed E-state index contributed by atoms with van der Waals surface area (Å²) in [5, 5.41) is 6.23. The summed E-state index contributed by atoms with van der Waals surface area (Å²) in [6, 6.07) is 6.78. The highest BCUT2D eigenvalue weighted by atomic mass is 35.5. The van der Waals surface area contributed by atoms with Gasteiger partial charge in [0.25, 0.3) is 0 Å². The lowest BCUT2D eigenvalue weighted by Gasteiger charge is -2.23. The summed E-state index contributed by atoms with van der Waals surface area (Å²) < 4.78 is 24.9. The highest BCUT2D eigenvalue weighted by Gasteiger charge is 2.57. The predicted octanol–water partition coefficient (Wildman–Crippen LogP) is 1.81. The fraction of sp³-hybridized carbons (Fsp3) is 0.533. The lowest BCUT2D eigenvalue weighted by Crippen LogP contribution is -2.31. The van der Waals surface area contributed by atoms with E-state index < -0.39 is 10.0 Å². The quantitative estimate of drug-likeness (QED) is 0.765. The molecule has 1 atom stereocenters. The average molecular weight is 360 g/mol. The van der Waals surface area contributed by atoms with Gasteiger partial charge in [-0.1, -0.05) is 6.07 Å². The Labute approximate surface area is 142 Å². The maximum atomic E-state index is 12.4. The molecular weight excluding hydrogens is 338 g/mol. The number of benzene rings is 1. The minimum Gasteiger partial charge on any atom is -0.326 e. The number of anilines is 2. The standard InChI is InChI=1S/C15H21N3O3S.ClH/c1-22(20,21)18-12-4-2-3-11(9-12)17-14(19)13-10-15(13)5-7-16-8-6-15;/h2-4,9,13,16,18H,5-8,10H2,1H3,(H,17,19);1H. The van der Waals surface area contributed by atoms with Crippen molar-refractivity contribution in [3.63, 3.8) is 0 Å². The zero-order valence-electron chi connectivity index (χ0n) is 13.0. The van der Waals surface area contributed by atoms with Gasteiger partial charge in [0.1, 0.15) is 0 Å². The lowest BCUT2D eigenvalue weighted by molar-refractivity contribution is -0.118. The second kappa shape index (κ2) is 6.67. The first-order valence-electron chi connectivity index (χ1n) is 7.47. The minimum absolute atomic E-state index is 0. The van der Waals surface area contributed by atoms with E-state index in [9.17, 15) is 13.2 Å². The van der Waals surface area contributed by atoms with Crippen LogP contribution in [0.3, 0.4) is 0 Å². The fourth-order valence-electron chi connectivity index (χ4n) is 3.30. The number of hydrogen-bond donors (Lipinski definition) is 3. The SMILES string of the molecule is CS(=O)(=O)Nc1cccc(NC(=O)C2CC23CCNCC3)c1.Cl. The van der Waals surface area contributed by atoms with Crippen molar-refractivity contribution in [2.75, 3.05) is 29.4 Å². The Morgan fingerprint density at radius 2 is 1.91 bits per heavy atom. The van der Waals surface area contributed by atoms with Crippen molar-refractivity contribution in [2.24, 2.45) is 11.3 Å². The highest BCUT2D eigenvalue weighted by molar-refractivity contribution is 7.92. The van der Waals surface area contributed by atoms with Crippen molar-refractivity contribution in [1.82, 2.24) is 5.32 Å². The number of hydrogen-bond acceptors (Lipinski definition) is 4. The van der Waals surface area contributed by atoms with Gasteiger partial charge >= 0.3 is 0 Å². The van der Waals surface area contributed by atoms with Crippen LogP contribution in [0.2, 0.25) is 0 Å². The number of piperidine rings is 1. The van der Waals surface area contributed by atoms with E-state index in [0.29, 0.717) is 11.4 Å². The number of nitrogens with one attached hydrogen (secondary N) is 3. The molecule has 1 saturated carbocycles. The van der Waals surface area contributed by atoms with Crippen LogP contribution < -0.4 is 15.4 Å². The Morgan fingerprint density at radius 1 is 1.26 bits per heavy atom. The lowest BCUT2D eigenvalue weighted by atomic mass is 9.92. The molecule has 1 aliphatic heterocycles. The minimum atomic E-state index is -3.32. The van der Waals surface area contributed by atoms with Crippen LogP contribution in [0, 0.1) is 11.3 Å². The van der Waals surface area contributed by atoms with Crippen LogP contribution in [-0.4, -0.2) is 33.7 Å². The monoisotopic (exact) mass is 359 g/mol. The molecule has 1 aliphatic carbocycles. The van der Waals surface area contributed by atoms with E-state index in [4.69, 9.17) is 0 Å². The van der Waals surface area contributed by atoms with E-state index in [1.807, 2.05) is 0 Å². The first-order chi connectivity index (χ1) is 10.4. The van der Waals surface area contributed by atoms with Gasteiger partial charge in [-0.2, -0.15) is 0 Å². The molecular formula is C15H22ClN3O3S. The molecule has 0 radical (unpaired) electrons. The zero-order valence-corrected chi connectivity index (χ0v) is 14.6. The van der Waals surface area contributed by atoms with Crippen LogP contribution in [0.25, 0.3) is 0 Å². The van der Waals surface area contributed by atoms with Crippen molar-refractivity contribution < 1.29 is 13.2 Å². The largest absolute Gasteiger partial charge is 0.326 e. The number of sulfonamides is 1. The molecule has 23 heavy (non-hydrogen) atoms. The van der Waals surface area contributed by atoms with E-state index in [1.165, 1.54) is 0 Å². The summed E-state index contributed by atoms with van der Waals surface area (Å²) >= 11 is 0. The van der Waals surface area contributed by atoms with Gasteiger partial charge in [-0.25, -0.2) is 8.42 Å². The molecule has 2 fully saturated rings. The molecule has 3 rings (SSSR count). The number of amides is 1. The predicted molar refractivity (Wildman–Crippen MR) is 93.4 cm³/mol. The smallest absolute Gasteiger partial charge is 0.229 e. The van der Waals surface area contributed by atoms with Crippen molar-refractivity contribution in [1.29, 1.82) is 0 Å². The summed E-state index contributed by atoms with van der Waals surface area (Å²) in [5.41, 5.74) is 1.26. The van der Waals surface area contributed by atoms with Crippen molar-refractivity contribution in [2.45, 2.75) is 19.3 Å². The van der Waals surface area contributed by atoms with Gasteiger partial charge in [0, 0.05) is 11.6 Å². The fourth-order valence-corrected chi connectivity index (χ4v) is 3.85. The summed E-state index contributed by atoms with van der Waals surface area (Å²) in [6.07, 6.45) is 4.17. The van der Waals surface area contributed by atoms with Gasteiger partial charge in [-0.15, -0.1) is 12.4 Å². The Kier molecular flexibility index (Phi) is 5.23. The molecule has 6 nitrogen and oxygen atoms in total. The first-order valence-corrected chi connectivity index (χ1v) is 9.37. The van der Waals surface area contributed by atoms with Crippen LogP contribution in [0.4, 0.5) is 11.4 Å². The molecule has 1 aromatic rings. The van der Waals surface area contributed by atoms with Crippen molar-refractivity contribution in [3.05, 3.63) is 24.3 Å². The Bertz CT molecular complexity index is 687. The van der Waals surface area contributed by atoms with E-state index >= 15 is 0 Å². The molecule has 0 aromatic heterocycles. The molecule has 1 spiro atoms. The topological polar surface area (TPSA) is 87.3 Å². The summed E-state index contributed by atoms with van der Waals surface area (Å²) in [6.45, 7) is 1.97. The Balaban J connectivity index is 0.00000192. The van der Waals surface area contributed by atoms with Crippen LogP contribution in [0.5, 0.6) is 0 Å². The van der Waals surface area contributed by atoms with Crippen molar-refractivity contribution >= 4 is 39.7 Å². The van der Waals surface area contributed by atoms with Crippen LogP contribution in [0.15, 0.2) is 24.3 Å². The molecule has 8 heteroatoms. The first kappa shape index (κ1) is 18.0. The third-order valence-electron chi connectivity index (χ3n) is 4.54. The second-order valence-electron chi connectivity index (χ2n) is 6.31. The van der Waals surface area contributed by atoms with Gasteiger partial charge in [-0.3, -0.25) is 9.52 Å². The number of carbonyl (C=O) groups is 1. The van der Waals surface area contributed by atoms with Crippen molar-refractivity contribution in [3.8, 4) is 0 Å². The zero-order chi connectivity index (χ0) is 15.8. The number of carbonyl (C=O) groups excluding carboxylic acids is 1. The van der Waals surface area contributed by atoms with Crippen LogP contribution >= 0.6 is 12.4 Å². The Morgan fingerprint density at radius 3 is 2.57 bits per heavy atom. The molecule has 1 saturated heterocycles. The Hall–Kier alpha value is -1.31. The van der Waals surface area contributed by atoms with E-state index in [0.717, 1.165) is 38.6 Å². The molecule has 1 amide bonds. The number of rotatable bonds is 4. The van der Waals surface area contributed by atoms with Gasteiger partial charge in [0.05, 0.1) is 11.9 Å². The maximum Gasteiger partial charge on any atom is 0.229 e. The third kappa shape index (κ3) is 4.37. The third-order valence-corrected chi connectivity index (χ3v) is 5.15. The molecule has 1 unspecified atom stereocenters. The second-order valence-corrected chi connectivity index (χ2v) is 8.06. The van der Waals surface area contributed by atoms with E-state index in [-0.39, 0.29) is 29.6 Å². The summed E-state index contributed by atoms with van der Waals surface area (Å²) in [4.78, 5) is 12.4. The molecule has 128 valence electrons. The average Bonchev–Trinajstić information content (AvgIpc) is 3.11. The van der Waals surface area contributed by atoms with Crippen LogP contribution in [-0.2, 0) is 14.8 Å². The maximum absolute atomic E-state index is 12.4.